The maximum absolute atomic E-state index is 12.7. The molecule has 0 saturated carbocycles. The van der Waals surface area contributed by atoms with E-state index in [0.717, 1.165) is 11.3 Å². The Balaban J connectivity index is 1.68. The monoisotopic (exact) mass is 321 g/mol. The average Bonchev–Trinajstić information content (AvgIpc) is 3.27. The fraction of sp³-hybridized carbons (Fsp3) is 0.176. The zero-order valence-corrected chi connectivity index (χ0v) is 12.8. The number of Topliss-reactive ketones (excluding diaryl/α,β-unsaturated/α-hetero) is 1. The topological polar surface area (TPSA) is 95.8 Å². The molecule has 1 unspecified atom stereocenters. The summed E-state index contributed by atoms with van der Waals surface area (Å²) in [5, 5.41) is 0. The molecule has 1 aliphatic carbocycles. The largest absolute Gasteiger partial charge is 0.369 e. The van der Waals surface area contributed by atoms with E-state index >= 15 is 0 Å². The summed E-state index contributed by atoms with van der Waals surface area (Å²) >= 11 is 0. The number of imidazole rings is 2. The van der Waals surface area contributed by atoms with Crippen molar-refractivity contribution in [2.24, 2.45) is 5.73 Å². The summed E-state index contributed by atoms with van der Waals surface area (Å²) in [4.78, 5) is 32.1. The number of nitrogens with two attached hydrogens (primary N) is 1. The molecule has 3 aromatic rings. The number of hydrogen-bond acceptors (Lipinski definition) is 4. The summed E-state index contributed by atoms with van der Waals surface area (Å²) in [6.07, 6.45) is 9.19. The number of nitrogens with zero attached hydrogens (tertiary/aromatic N) is 4. The molecule has 0 saturated heterocycles. The van der Waals surface area contributed by atoms with Crippen molar-refractivity contribution < 1.29 is 9.59 Å². The van der Waals surface area contributed by atoms with E-state index in [0.29, 0.717) is 17.8 Å². The highest BCUT2D eigenvalue weighted by Gasteiger charge is 2.33. The number of primary amides is 1. The molecule has 1 aromatic carbocycles. The van der Waals surface area contributed by atoms with Crippen LogP contribution in [0.2, 0.25) is 0 Å². The molecule has 0 fully saturated rings. The van der Waals surface area contributed by atoms with Gasteiger partial charge in [-0.05, 0) is 23.8 Å². The third-order valence-corrected chi connectivity index (χ3v) is 4.29. The molecule has 1 aliphatic rings. The van der Waals surface area contributed by atoms with Crippen molar-refractivity contribution in [1.29, 1.82) is 0 Å². The third kappa shape index (κ3) is 2.30. The van der Waals surface area contributed by atoms with Gasteiger partial charge in [-0.1, -0.05) is 0 Å². The third-order valence-electron chi connectivity index (χ3n) is 4.29. The van der Waals surface area contributed by atoms with Crippen molar-refractivity contribution in [1.82, 2.24) is 19.1 Å². The van der Waals surface area contributed by atoms with Crippen LogP contribution in [0.25, 0.3) is 5.69 Å². The maximum atomic E-state index is 12.7. The number of amides is 1. The van der Waals surface area contributed by atoms with Crippen LogP contribution in [-0.2, 0) is 17.6 Å². The van der Waals surface area contributed by atoms with Gasteiger partial charge in [0.2, 0.25) is 5.91 Å². The van der Waals surface area contributed by atoms with Gasteiger partial charge in [-0.25, -0.2) is 9.97 Å². The van der Waals surface area contributed by atoms with Crippen molar-refractivity contribution >= 4 is 11.7 Å². The van der Waals surface area contributed by atoms with Crippen molar-refractivity contribution in [3.63, 3.8) is 0 Å². The number of fused-ring (bicyclic) bond motifs is 1. The van der Waals surface area contributed by atoms with E-state index < -0.39 is 5.91 Å². The number of hydrogen-bond donors (Lipinski definition) is 1. The van der Waals surface area contributed by atoms with Gasteiger partial charge in [0.25, 0.3) is 0 Å². The van der Waals surface area contributed by atoms with Crippen LogP contribution in [0.5, 0.6) is 0 Å². The highest BCUT2D eigenvalue weighted by atomic mass is 16.1. The summed E-state index contributed by atoms with van der Waals surface area (Å²) in [5.74, 6) is 0.0854. The summed E-state index contributed by atoms with van der Waals surface area (Å²) in [6, 6.07) is 5.37. The molecule has 2 aromatic heterocycles. The highest BCUT2D eigenvalue weighted by Crippen LogP contribution is 2.32. The van der Waals surface area contributed by atoms with E-state index in [1.54, 1.807) is 29.5 Å². The predicted molar refractivity (Wildman–Crippen MR) is 85.8 cm³/mol. The Morgan fingerprint density at radius 1 is 1.29 bits per heavy atom. The van der Waals surface area contributed by atoms with Gasteiger partial charge >= 0.3 is 0 Å². The van der Waals surface area contributed by atoms with Crippen LogP contribution in [0.3, 0.4) is 0 Å². The SMILES string of the molecule is NC(=O)Cc1nccn1C1Cc2cc(-n3ccnc3)ccc2C1=O. The molecule has 120 valence electrons. The van der Waals surface area contributed by atoms with Crippen LogP contribution in [0.1, 0.15) is 27.8 Å². The van der Waals surface area contributed by atoms with E-state index in [4.69, 9.17) is 5.73 Å². The van der Waals surface area contributed by atoms with Crippen molar-refractivity contribution in [2.75, 3.05) is 0 Å². The number of carbonyl (C=O) groups is 2. The van der Waals surface area contributed by atoms with E-state index in [1.165, 1.54) is 0 Å². The zero-order chi connectivity index (χ0) is 16.7. The fourth-order valence-electron chi connectivity index (χ4n) is 3.19. The Morgan fingerprint density at radius 3 is 2.92 bits per heavy atom. The van der Waals surface area contributed by atoms with E-state index in [2.05, 4.69) is 9.97 Å². The van der Waals surface area contributed by atoms with Gasteiger partial charge in [0.1, 0.15) is 11.9 Å². The molecule has 1 atom stereocenters. The molecule has 2 heterocycles. The van der Waals surface area contributed by atoms with Crippen LogP contribution >= 0.6 is 0 Å². The quantitative estimate of drug-likeness (QED) is 0.777. The van der Waals surface area contributed by atoms with Gasteiger partial charge < -0.3 is 14.9 Å². The number of aromatic nitrogens is 4. The first kappa shape index (κ1) is 14.4. The molecule has 1 amide bonds. The Morgan fingerprint density at radius 2 is 2.17 bits per heavy atom. The van der Waals surface area contributed by atoms with Crippen LogP contribution in [0, 0.1) is 0 Å². The van der Waals surface area contributed by atoms with Crippen molar-refractivity contribution in [2.45, 2.75) is 18.9 Å². The second-order valence-corrected chi connectivity index (χ2v) is 5.79. The standard InChI is InChI=1S/C17H15N5O2/c18-15(23)9-16-20-4-6-22(16)14-8-11-7-12(21-5-3-19-10-21)1-2-13(11)17(14)24/h1-7,10,14H,8-9H2,(H2,18,23). The lowest BCUT2D eigenvalue weighted by molar-refractivity contribution is -0.117. The molecular formula is C17H15N5O2. The number of ketones is 1. The van der Waals surface area contributed by atoms with E-state index in [-0.39, 0.29) is 18.2 Å². The zero-order valence-electron chi connectivity index (χ0n) is 12.8. The predicted octanol–water partition coefficient (Wildman–Crippen LogP) is 1.08. The first-order chi connectivity index (χ1) is 11.6. The van der Waals surface area contributed by atoms with Gasteiger partial charge in [0.15, 0.2) is 5.78 Å². The second-order valence-electron chi connectivity index (χ2n) is 5.79. The van der Waals surface area contributed by atoms with Crippen LogP contribution in [0.15, 0.2) is 49.3 Å². The summed E-state index contributed by atoms with van der Waals surface area (Å²) < 4.78 is 3.65. The van der Waals surface area contributed by atoms with Gasteiger partial charge in [-0.3, -0.25) is 9.59 Å². The van der Waals surface area contributed by atoms with Gasteiger partial charge in [-0.2, -0.15) is 0 Å². The molecule has 2 N–H and O–H groups in total. The maximum Gasteiger partial charge on any atom is 0.225 e. The molecular weight excluding hydrogens is 306 g/mol. The minimum Gasteiger partial charge on any atom is -0.369 e. The Bertz CT molecular complexity index is 926. The normalized spacial score (nSPS) is 16.3. The molecule has 24 heavy (non-hydrogen) atoms. The smallest absolute Gasteiger partial charge is 0.225 e. The molecule has 0 spiro atoms. The highest BCUT2D eigenvalue weighted by molar-refractivity contribution is 6.03. The minimum atomic E-state index is -0.465. The molecule has 4 rings (SSSR count). The molecule has 0 radical (unpaired) electrons. The Hall–Kier alpha value is -3.22. The Labute approximate surface area is 137 Å². The summed E-state index contributed by atoms with van der Waals surface area (Å²) in [7, 11) is 0. The summed E-state index contributed by atoms with van der Waals surface area (Å²) in [5.41, 5.74) is 7.91. The number of rotatable bonds is 4. The number of carbonyl (C=O) groups excluding carboxylic acids is 2. The van der Waals surface area contributed by atoms with Gasteiger partial charge in [0, 0.05) is 42.5 Å². The average molecular weight is 321 g/mol. The molecule has 7 heteroatoms. The Kier molecular flexibility index (Phi) is 3.26. The number of benzene rings is 1. The second kappa shape index (κ2) is 5.45. The van der Waals surface area contributed by atoms with Crippen LogP contribution in [0.4, 0.5) is 0 Å². The van der Waals surface area contributed by atoms with Crippen LogP contribution < -0.4 is 5.73 Å². The van der Waals surface area contributed by atoms with Gasteiger partial charge in [-0.15, -0.1) is 0 Å². The molecule has 0 bridgehead atoms. The molecule has 0 aliphatic heterocycles. The lowest BCUT2D eigenvalue weighted by Crippen LogP contribution is -2.22. The fourth-order valence-corrected chi connectivity index (χ4v) is 3.19. The van der Waals surface area contributed by atoms with Gasteiger partial charge in [0.05, 0.1) is 12.7 Å². The van der Waals surface area contributed by atoms with Crippen molar-refractivity contribution in [3.05, 3.63) is 66.3 Å². The first-order valence-corrected chi connectivity index (χ1v) is 7.59. The van der Waals surface area contributed by atoms with E-state index in [1.807, 2.05) is 29.0 Å². The van der Waals surface area contributed by atoms with Crippen LogP contribution in [-0.4, -0.2) is 30.8 Å². The molecule has 7 nitrogen and oxygen atoms in total. The van der Waals surface area contributed by atoms with Crippen molar-refractivity contribution in [3.8, 4) is 5.69 Å². The summed E-state index contributed by atoms with van der Waals surface area (Å²) in [6.45, 7) is 0. The van der Waals surface area contributed by atoms with E-state index in [9.17, 15) is 9.59 Å². The lowest BCUT2D eigenvalue weighted by Gasteiger charge is -2.13. The first-order valence-electron chi connectivity index (χ1n) is 7.59. The lowest BCUT2D eigenvalue weighted by atomic mass is 10.1. The minimum absolute atomic E-state index is 0.0212.